The van der Waals surface area contributed by atoms with Crippen molar-refractivity contribution in [1.82, 2.24) is 0 Å². The summed E-state index contributed by atoms with van der Waals surface area (Å²) in [5, 5.41) is 0. The van der Waals surface area contributed by atoms with Gasteiger partial charge in [0, 0.05) is 0 Å². The van der Waals surface area contributed by atoms with Gasteiger partial charge in [0.05, 0.1) is 0 Å². The highest BCUT2D eigenvalue weighted by Gasteiger charge is 1.97. The van der Waals surface area contributed by atoms with Crippen LogP contribution in [-0.4, -0.2) is 0 Å². The third-order valence-corrected chi connectivity index (χ3v) is 11.4. The Hall–Kier alpha value is -1.04. The molecule has 0 aromatic carbocycles. The molecule has 0 atom stereocenters. The molecule has 63 heavy (non-hydrogen) atoms. The Kier molecular flexibility index (Phi) is 66.4. The lowest BCUT2D eigenvalue weighted by molar-refractivity contribution is 0.521. The van der Waals surface area contributed by atoms with Crippen molar-refractivity contribution in [3.63, 3.8) is 0 Å². The molecule has 0 aliphatic rings. The molecule has 0 amide bonds. The second-order valence-corrected chi connectivity index (χ2v) is 22.6. The molecular weight excluding hydrogens is 757 g/mol. The molecule has 0 N–H and O–H groups in total. The van der Waals surface area contributed by atoms with E-state index in [1.807, 2.05) is 0 Å². The monoisotopic (exact) mass is 885 g/mol. The second-order valence-electron chi connectivity index (χ2n) is 22.6. The van der Waals surface area contributed by atoms with Crippen molar-refractivity contribution in [2.24, 2.45) is 47.3 Å². The van der Waals surface area contributed by atoms with E-state index in [0.29, 0.717) is 0 Å². The van der Waals surface area contributed by atoms with Crippen LogP contribution < -0.4 is 0 Å². The summed E-state index contributed by atoms with van der Waals surface area (Å²) in [6, 6.07) is 0. The number of unbranched alkanes of at least 4 members (excludes halogenated alkanes) is 14. The molecule has 0 heterocycles. The van der Waals surface area contributed by atoms with Crippen LogP contribution >= 0.6 is 0 Å². The van der Waals surface area contributed by atoms with E-state index in [1.54, 1.807) is 0 Å². The molecule has 0 saturated carbocycles. The van der Waals surface area contributed by atoms with E-state index in [2.05, 4.69) is 159 Å². The first-order chi connectivity index (χ1) is 29.5. The van der Waals surface area contributed by atoms with Crippen LogP contribution in [-0.2, 0) is 0 Å². The maximum absolute atomic E-state index is 2.39. The van der Waals surface area contributed by atoms with Gasteiger partial charge >= 0.3 is 0 Å². The van der Waals surface area contributed by atoms with Crippen LogP contribution in [0.4, 0.5) is 0 Å². The SMILES string of the molecule is C.CC(C)CCC/C=C/CCCC(C)C.CC(C)CCC/C=C/CCCCCCC(C)C.CC(C)CCC/C=C\CCCC(C)C.CC(C)CCC/C=C\CCCCCCC(C)C. The summed E-state index contributed by atoms with van der Waals surface area (Å²) < 4.78 is 0. The second kappa shape index (κ2) is 59.0. The molecule has 0 heteroatoms. The third-order valence-electron chi connectivity index (χ3n) is 11.4. The molecule has 0 saturated heterocycles. The molecule has 0 spiro atoms. The number of rotatable bonds is 38. The number of hydrogen-bond acceptors (Lipinski definition) is 0. The quantitative estimate of drug-likeness (QED) is 0.0428. The Morgan fingerprint density at radius 1 is 0.175 bits per heavy atom. The van der Waals surface area contributed by atoms with Gasteiger partial charge in [-0.3, -0.25) is 0 Å². The molecular formula is C63H128. The molecule has 0 fully saturated rings. The molecule has 0 aromatic rings. The van der Waals surface area contributed by atoms with Crippen molar-refractivity contribution < 1.29 is 0 Å². The summed E-state index contributed by atoms with van der Waals surface area (Å²) in [6.07, 6.45) is 59.8. The van der Waals surface area contributed by atoms with E-state index in [-0.39, 0.29) is 7.43 Å². The van der Waals surface area contributed by atoms with Gasteiger partial charge in [-0.05, 0) is 150 Å². The molecule has 380 valence electrons. The van der Waals surface area contributed by atoms with Crippen molar-refractivity contribution in [3.8, 4) is 0 Å². The van der Waals surface area contributed by atoms with E-state index in [0.717, 1.165) is 47.3 Å². The van der Waals surface area contributed by atoms with Crippen molar-refractivity contribution in [3.05, 3.63) is 48.6 Å². The predicted molar refractivity (Wildman–Crippen MR) is 301 cm³/mol. The van der Waals surface area contributed by atoms with Crippen LogP contribution in [0, 0.1) is 47.3 Å². The highest BCUT2D eigenvalue weighted by atomic mass is 14.0. The van der Waals surface area contributed by atoms with E-state index >= 15 is 0 Å². The van der Waals surface area contributed by atoms with Gasteiger partial charge in [0.15, 0.2) is 0 Å². The third kappa shape index (κ3) is 88.4. The van der Waals surface area contributed by atoms with Gasteiger partial charge in [-0.15, -0.1) is 0 Å². The average Bonchev–Trinajstić information content (AvgIpc) is 3.18. The Balaban J connectivity index is -0.000000237. The lowest BCUT2D eigenvalue weighted by Crippen LogP contribution is -1.86. The summed E-state index contributed by atoms with van der Waals surface area (Å²) >= 11 is 0. The Morgan fingerprint density at radius 3 is 0.460 bits per heavy atom. The van der Waals surface area contributed by atoms with Crippen LogP contribution in [0.15, 0.2) is 48.6 Å². The maximum Gasteiger partial charge on any atom is -0.0351 e. The lowest BCUT2D eigenvalue weighted by Gasteiger charge is -2.03. The highest BCUT2D eigenvalue weighted by molar-refractivity contribution is 4.83. The molecule has 0 nitrogen and oxygen atoms in total. The normalized spacial score (nSPS) is 11.9. The fraction of sp³-hybridized carbons (Fsp3) is 0.873. The summed E-state index contributed by atoms with van der Waals surface area (Å²) in [5.41, 5.74) is 0. The van der Waals surface area contributed by atoms with Gasteiger partial charge in [0.1, 0.15) is 0 Å². The molecule has 0 bridgehead atoms. The molecule has 0 unspecified atom stereocenters. The summed E-state index contributed by atoms with van der Waals surface area (Å²) in [7, 11) is 0. The minimum Gasteiger partial charge on any atom is -0.0885 e. The van der Waals surface area contributed by atoms with Crippen LogP contribution in [0.5, 0.6) is 0 Å². The highest BCUT2D eigenvalue weighted by Crippen LogP contribution is 2.14. The van der Waals surface area contributed by atoms with Crippen molar-refractivity contribution in [2.45, 2.75) is 311 Å². The molecule has 0 aromatic heterocycles. The van der Waals surface area contributed by atoms with Crippen molar-refractivity contribution >= 4 is 0 Å². The first-order valence-corrected chi connectivity index (χ1v) is 28.1. The largest absolute Gasteiger partial charge is 0.0885 e. The summed E-state index contributed by atoms with van der Waals surface area (Å²) in [4.78, 5) is 0. The summed E-state index contributed by atoms with van der Waals surface area (Å²) in [5.74, 6) is 6.96. The maximum atomic E-state index is 2.39. The number of allylic oxidation sites excluding steroid dienone is 8. The predicted octanol–water partition coefficient (Wildman–Crippen LogP) is 23.8. The van der Waals surface area contributed by atoms with E-state index in [4.69, 9.17) is 0 Å². The fourth-order valence-corrected chi connectivity index (χ4v) is 7.14. The molecule has 0 aliphatic carbocycles. The molecule has 0 radical (unpaired) electrons. The zero-order valence-corrected chi connectivity index (χ0v) is 46.5. The van der Waals surface area contributed by atoms with Gasteiger partial charge < -0.3 is 0 Å². The average molecular weight is 886 g/mol. The first kappa shape index (κ1) is 71.0. The standard InChI is InChI=1S/2C17H34.2C14H28.CH4/c2*1-16(2)14-12-10-8-6-5-7-9-11-13-15-17(3)4;2*1-13(2)11-9-7-5-6-8-10-12-14(3)4;/h2*6,8,16-17H,5,7,9-15H2,1-4H3;2*5-6,13-14H,7-12H2,1-4H3;1H4/b8-6+;8-6-;6-5+;6-5-;. The van der Waals surface area contributed by atoms with E-state index in [1.165, 1.54) is 193 Å². The van der Waals surface area contributed by atoms with Crippen LogP contribution in [0.1, 0.15) is 311 Å². The van der Waals surface area contributed by atoms with E-state index in [9.17, 15) is 0 Å². The smallest absolute Gasteiger partial charge is 0.0351 e. The van der Waals surface area contributed by atoms with Crippen molar-refractivity contribution in [1.29, 1.82) is 0 Å². The van der Waals surface area contributed by atoms with Gasteiger partial charge in [0.25, 0.3) is 0 Å². The zero-order valence-electron chi connectivity index (χ0n) is 46.5. The lowest BCUT2D eigenvalue weighted by atomic mass is 10.0. The van der Waals surface area contributed by atoms with Crippen LogP contribution in [0.2, 0.25) is 0 Å². The van der Waals surface area contributed by atoms with Gasteiger partial charge in [-0.2, -0.15) is 0 Å². The van der Waals surface area contributed by atoms with Gasteiger partial charge in [-0.1, -0.05) is 257 Å². The molecule has 0 aliphatic heterocycles. The van der Waals surface area contributed by atoms with Crippen molar-refractivity contribution in [2.75, 3.05) is 0 Å². The topological polar surface area (TPSA) is 0 Å². The first-order valence-electron chi connectivity index (χ1n) is 28.1. The number of hydrogen-bond donors (Lipinski definition) is 0. The summed E-state index contributed by atoms with van der Waals surface area (Å²) in [6.45, 7) is 36.9. The van der Waals surface area contributed by atoms with Gasteiger partial charge in [-0.25, -0.2) is 0 Å². The molecule has 0 rings (SSSR count). The Morgan fingerprint density at radius 2 is 0.302 bits per heavy atom. The fourth-order valence-electron chi connectivity index (χ4n) is 7.14. The Bertz CT molecular complexity index is 781. The minimum atomic E-state index is 0. The van der Waals surface area contributed by atoms with Crippen LogP contribution in [0.25, 0.3) is 0 Å². The van der Waals surface area contributed by atoms with Crippen LogP contribution in [0.3, 0.4) is 0 Å². The Labute approximate surface area is 405 Å². The van der Waals surface area contributed by atoms with E-state index < -0.39 is 0 Å². The zero-order chi connectivity index (χ0) is 47.5. The van der Waals surface area contributed by atoms with Gasteiger partial charge in [0.2, 0.25) is 0 Å². The minimum absolute atomic E-state index is 0.